The van der Waals surface area contributed by atoms with Gasteiger partial charge in [-0.05, 0) is 74.6 Å². The number of rotatable bonds is 5. The van der Waals surface area contributed by atoms with Crippen LogP contribution in [0.2, 0.25) is 0 Å². The van der Waals surface area contributed by atoms with Crippen LogP contribution in [0.5, 0.6) is 5.75 Å². The molecule has 3 nitrogen and oxygen atoms in total. The van der Waals surface area contributed by atoms with Crippen molar-refractivity contribution in [2.45, 2.75) is 6.42 Å². The van der Waals surface area contributed by atoms with E-state index < -0.39 is 0 Å². The van der Waals surface area contributed by atoms with E-state index in [1.807, 2.05) is 0 Å². The summed E-state index contributed by atoms with van der Waals surface area (Å²) in [5.41, 5.74) is 8.66. The standard InChI is InChI=1S/C39H26Br2N2O/c1-44-34-19-15-24-10-5-6-11-27(24)38(34)39-29(20-23-8-3-2-4-9-23)35(30-22-42-32-13-7-12-31(41)36(30)32)37-28-17-16-26(40)21-25(28)14-18-33(37)43-39/h2-19,21-22,42H,20H2,1H3. The van der Waals surface area contributed by atoms with E-state index in [1.165, 1.54) is 16.5 Å². The van der Waals surface area contributed by atoms with Crippen LogP contribution in [0.15, 0.2) is 130 Å². The molecule has 5 heteroatoms. The number of halogens is 2. The molecule has 212 valence electrons. The second-order valence-corrected chi connectivity index (χ2v) is 12.8. The molecule has 0 amide bonds. The minimum absolute atomic E-state index is 0.699. The van der Waals surface area contributed by atoms with Gasteiger partial charge in [-0.25, -0.2) is 4.98 Å². The van der Waals surface area contributed by atoms with Crippen LogP contribution in [0.1, 0.15) is 11.1 Å². The summed E-state index contributed by atoms with van der Waals surface area (Å²) in [6.07, 6.45) is 2.85. The van der Waals surface area contributed by atoms with Crippen molar-refractivity contribution in [3.8, 4) is 28.1 Å². The third kappa shape index (κ3) is 4.42. The molecule has 0 fully saturated rings. The number of H-pyrrole nitrogens is 1. The lowest BCUT2D eigenvalue weighted by molar-refractivity contribution is 0.417. The number of hydrogen-bond acceptors (Lipinski definition) is 2. The van der Waals surface area contributed by atoms with E-state index in [9.17, 15) is 0 Å². The van der Waals surface area contributed by atoms with Crippen LogP contribution in [0.25, 0.3) is 65.7 Å². The van der Waals surface area contributed by atoms with Gasteiger partial charge >= 0.3 is 0 Å². The van der Waals surface area contributed by atoms with Crippen molar-refractivity contribution in [2.75, 3.05) is 7.11 Å². The Bertz CT molecular complexity index is 2380. The van der Waals surface area contributed by atoms with Crippen molar-refractivity contribution in [3.05, 3.63) is 142 Å². The predicted molar refractivity (Wildman–Crippen MR) is 191 cm³/mol. The van der Waals surface area contributed by atoms with Crippen LogP contribution in [0.3, 0.4) is 0 Å². The second-order valence-electron chi connectivity index (χ2n) is 11.0. The average molecular weight is 698 g/mol. The first-order chi connectivity index (χ1) is 21.6. The second kappa shape index (κ2) is 10.9. The van der Waals surface area contributed by atoms with Crippen molar-refractivity contribution in [3.63, 3.8) is 0 Å². The summed E-state index contributed by atoms with van der Waals surface area (Å²) in [4.78, 5) is 9.10. The summed E-state index contributed by atoms with van der Waals surface area (Å²) in [6, 6.07) is 40.5. The average Bonchev–Trinajstić information content (AvgIpc) is 3.49. The number of methoxy groups -OCH3 is 1. The fraction of sp³-hybridized carbons (Fsp3) is 0.0513. The monoisotopic (exact) mass is 696 g/mol. The Balaban J connectivity index is 1.62. The number of benzene rings is 6. The number of hydrogen-bond donors (Lipinski definition) is 1. The molecule has 0 aliphatic heterocycles. The minimum Gasteiger partial charge on any atom is -0.496 e. The number of ether oxygens (including phenoxy) is 1. The van der Waals surface area contributed by atoms with Gasteiger partial charge in [-0.1, -0.05) is 111 Å². The van der Waals surface area contributed by atoms with Gasteiger partial charge in [-0.15, -0.1) is 0 Å². The summed E-state index contributed by atoms with van der Waals surface area (Å²) in [6.45, 7) is 0. The number of aromatic nitrogens is 2. The normalized spacial score (nSPS) is 11.6. The van der Waals surface area contributed by atoms with Gasteiger partial charge in [0.2, 0.25) is 0 Å². The summed E-state index contributed by atoms with van der Waals surface area (Å²) in [7, 11) is 1.74. The molecule has 0 aliphatic rings. The topological polar surface area (TPSA) is 37.9 Å². The molecule has 8 aromatic rings. The van der Waals surface area contributed by atoms with Crippen LogP contribution in [0, 0.1) is 0 Å². The van der Waals surface area contributed by atoms with Crippen molar-refractivity contribution < 1.29 is 4.74 Å². The lowest BCUT2D eigenvalue weighted by atomic mass is 9.85. The molecule has 0 unspecified atom stereocenters. The van der Waals surface area contributed by atoms with E-state index in [4.69, 9.17) is 9.72 Å². The van der Waals surface area contributed by atoms with Gasteiger partial charge in [-0.3, -0.25) is 0 Å². The molecule has 0 radical (unpaired) electrons. The molecule has 8 rings (SSSR count). The summed E-state index contributed by atoms with van der Waals surface area (Å²) >= 11 is 7.59. The zero-order valence-electron chi connectivity index (χ0n) is 23.9. The smallest absolute Gasteiger partial charge is 0.128 e. The Kier molecular flexibility index (Phi) is 6.73. The highest BCUT2D eigenvalue weighted by Crippen LogP contribution is 2.47. The molecule has 2 heterocycles. The Morgan fingerprint density at radius 1 is 0.705 bits per heavy atom. The summed E-state index contributed by atoms with van der Waals surface area (Å²) in [5.74, 6) is 0.806. The van der Waals surface area contributed by atoms with Gasteiger partial charge < -0.3 is 9.72 Å². The summed E-state index contributed by atoms with van der Waals surface area (Å²) in [5, 5.41) is 6.88. The molecule has 1 N–H and O–H groups in total. The maximum atomic E-state index is 6.07. The van der Waals surface area contributed by atoms with Crippen molar-refractivity contribution >= 4 is 75.2 Å². The van der Waals surface area contributed by atoms with Gasteiger partial charge in [0.25, 0.3) is 0 Å². The van der Waals surface area contributed by atoms with Gasteiger partial charge in [0.05, 0.1) is 23.9 Å². The fourth-order valence-corrected chi connectivity index (χ4v) is 7.54. The quantitative estimate of drug-likeness (QED) is 0.182. The SMILES string of the molecule is COc1ccc2ccccc2c1-c1nc2ccc3cc(Br)ccc3c2c(-c2c[nH]c3cccc(Br)c23)c1Cc1ccccc1. The van der Waals surface area contributed by atoms with Crippen LogP contribution in [0.4, 0.5) is 0 Å². The zero-order valence-corrected chi connectivity index (χ0v) is 27.0. The first-order valence-corrected chi connectivity index (χ1v) is 16.1. The van der Waals surface area contributed by atoms with E-state index in [1.54, 1.807) is 7.11 Å². The number of nitrogens with one attached hydrogen (secondary N) is 1. The summed E-state index contributed by atoms with van der Waals surface area (Å²) < 4.78 is 8.17. The number of aromatic amines is 1. The van der Waals surface area contributed by atoms with E-state index in [0.717, 1.165) is 75.0 Å². The van der Waals surface area contributed by atoms with Crippen molar-refractivity contribution in [1.82, 2.24) is 9.97 Å². The first kappa shape index (κ1) is 27.1. The van der Waals surface area contributed by atoms with Gasteiger partial charge in [-0.2, -0.15) is 0 Å². The van der Waals surface area contributed by atoms with Crippen LogP contribution >= 0.6 is 31.9 Å². The molecule has 0 saturated heterocycles. The highest BCUT2D eigenvalue weighted by Gasteiger charge is 2.25. The fourth-order valence-electron chi connectivity index (χ4n) is 6.58. The highest BCUT2D eigenvalue weighted by molar-refractivity contribution is 9.11. The molecule has 2 aromatic heterocycles. The molecule has 0 atom stereocenters. The van der Waals surface area contributed by atoms with Crippen molar-refractivity contribution in [1.29, 1.82) is 0 Å². The Morgan fingerprint density at radius 3 is 2.39 bits per heavy atom. The third-order valence-electron chi connectivity index (χ3n) is 8.53. The van der Waals surface area contributed by atoms with Crippen LogP contribution in [-0.4, -0.2) is 17.1 Å². The maximum Gasteiger partial charge on any atom is 0.128 e. The van der Waals surface area contributed by atoms with Crippen molar-refractivity contribution in [2.24, 2.45) is 0 Å². The molecule has 6 aromatic carbocycles. The number of fused-ring (bicyclic) bond motifs is 5. The van der Waals surface area contributed by atoms with Crippen LogP contribution < -0.4 is 4.74 Å². The highest BCUT2D eigenvalue weighted by atomic mass is 79.9. The predicted octanol–water partition coefficient (Wildman–Crippen LogP) is 11.5. The Hall–Kier alpha value is -4.45. The lowest BCUT2D eigenvalue weighted by Crippen LogP contribution is -2.03. The molecule has 0 aliphatic carbocycles. The van der Waals surface area contributed by atoms with Gasteiger partial charge in [0.1, 0.15) is 5.75 Å². The van der Waals surface area contributed by atoms with Gasteiger partial charge in [0.15, 0.2) is 0 Å². The molecule has 0 saturated carbocycles. The first-order valence-electron chi connectivity index (χ1n) is 14.5. The van der Waals surface area contributed by atoms with E-state index in [0.29, 0.717) is 6.42 Å². The molecule has 0 bridgehead atoms. The van der Waals surface area contributed by atoms with E-state index in [-0.39, 0.29) is 0 Å². The maximum absolute atomic E-state index is 6.07. The Labute approximate surface area is 271 Å². The minimum atomic E-state index is 0.699. The molecule has 0 spiro atoms. The third-order valence-corrected chi connectivity index (χ3v) is 9.68. The molecular formula is C39H26Br2N2O. The number of pyridine rings is 1. The number of nitrogens with zero attached hydrogens (tertiary/aromatic N) is 1. The molecule has 44 heavy (non-hydrogen) atoms. The molecular weight excluding hydrogens is 672 g/mol. The lowest BCUT2D eigenvalue weighted by Gasteiger charge is -2.21. The zero-order chi connectivity index (χ0) is 29.8. The van der Waals surface area contributed by atoms with Crippen LogP contribution in [-0.2, 0) is 6.42 Å². The largest absolute Gasteiger partial charge is 0.496 e. The Morgan fingerprint density at radius 2 is 1.52 bits per heavy atom. The van der Waals surface area contributed by atoms with Gasteiger partial charge in [0, 0.05) is 43.4 Å². The van der Waals surface area contributed by atoms with E-state index >= 15 is 0 Å². The van der Waals surface area contributed by atoms with E-state index in [2.05, 4.69) is 158 Å².